The Labute approximate surface area is 106 Å². The van der Waals surface area contributed by atoms with Crippen molar-refractivity contribution in [3.05, 3.63) is 46.8 Å². The number of nitrogens with two attached hydrogens (primary N) is 1. The molecule has 17 heavy (non-hydrogen) atoms. The summed E-state index contributed by atoms with van der Waals surface area (Å²) < 4.78 is 1.90. The van der Waals surface area contributed by atoms with Gasteiger partial charge in [0.15, 0.2) is 0 Å². The van der Waals surface area contributed by atoms with Gasteiger partial charge in [0.2, 0.25) is 0 Å². The van der Waals surface area contributed by atoms with Gasteiger partial charge in [0.1, 0.15) is 4.99 Å². The molecular formula is C13H15N3S. The molecule has 0 amide bonds. The first-order chi connectivity index (χ1) is 8.00. The molecule has 2 N–H and O–H groups in total. The van der Waals surface area contributed by atoms with E-state index in [9.17, 15) is 0 Å². The van der Waals surface area contributed by atoms with Gasteiger partial charge in [-0.3, -0.25) is 0 Å². The van der Waals surface area contributed by atoms with Crippen LogP contribution in [0.15, 0.2) is 24.3 Å². The van der Waals surface area contributed by atoms with E-state index in [0.717, 1.165) is 28.2 Å². The summed E-state index contributed by atoms with van der Waals surface area (Å²) in [4.78, 5) is 0.399. The van der Waals surface area contributed by atoms with Crippen LogP contribution in [0, 0.1) is 20.8 Å². The Bertz CT molecular complexity index is 584. The van der Waals surface area contributed by atoms with E-state index in [4.69, 9.17) is 18.0 Å². The van der Waals surface area contributed by atoms with Crippen molar-refractivity contribution in [2.45, 2.75) is 20.8 Å². The van der Waals surface area contributed by atoms with Gasteiger partial charge in [0.25, 0.3) is 0 Å². The van der Waals surface area contributed by atoms with Crippen LogP contribution < -0.4 is 5.73 Å². The van der Waals surface area contributed by atoms with E-state index in [1.54, 1.807) is 0 Å². The summed E-state index contributed by atoms with van der Waals surface area (Å²) in [6.07, 6.45) is 0. The Morgan fingerprint density at radius 2 is 2.00 bits per heavy atom. The molecule has 3 nitrogen and oxygen atoms in total. The number of para-hydroxylation sites is 1. The zero-order chi connectivity index (χ0) is 12.6. The van der Waals surface area contributed by atoms with Crippen LogP contribution in [0.1, 0.15) is 22.5 Å². The van der Waals surface area contributed by atoms with E-state index < -0.39 is 0 Å². The first-order valence-corrected chi connectivity index (χ1v) is 5.84. The van der Waals surface area contributed by atoms with Crippen LogP contribution in [0.2, 0.25) is 0 Å². The van der Waals surface area contributed by atoms with Crippen molar-refractivity contribution >= 4 is 17.2 Å². The molecule has 0 aliphatic carbocycles. The molecule has 2 rings (SSSR count). The molecular weight excluding hydrogens is 230 g/mol. The molecule has 0 aliphatic rings. The second-order valence-electron chi connectivity index (χ2n) is 4.17. The standard InChI is InChI=1S/C13H15N3S/c1-8-5-4-6-11(13(14)17)12(8)16-10(3)7-9(2)15-16/h4-7H,1-3H3,(H2,14,17). The molecule has 0 radical (unpaired) electrons. The maximum Gasteiger partial charge on any atom is 0.106 e. The minimum atomic E-state index is 0.399. The molecule has 4 heteroatoms. The van der Waals surface area contributed by atoms with Gasteiger partial charge in [0, 0.05) is 11.3 Å². The Balaban J connectivity index is 2.74. The summed E-state index contributed by atoms with van der Waals surface area (Å²) in [6.45, 7) is 6.03. The normalized spacial score (nSPS) is 10.5. The molecule has 1 heterocycles. The van der Waals surface area contributed by atoms with E-state index in [1.165, 1.54) is 0 Å². The van der Waals surface area contributed by atoms with E-state index in [-0.39, 0.29) is 0 Å². The third-order valence-corrected chi connectivity index (χ3v) is 2.94. The van der Waals surface area contributed by atoms with Crippen LogP contribution in [0.25, 0.3) is 5.69 Å². The summed E-state index contributed by atoms with van der Waals surface area (Å²) >= 11 is 5.10. The summed E-state index contributed by atoms with van der Waals surface area (Å²) in [5.74, 6) is 0. The van der Waals surface area contributed by atoms with Gasteiger partial charge in [0.05, 0.1) is 11.4 Å². The highest BCUT2D eigenvalue weighted by Crippen LogP contribution is 2.21. The van der Waals surface area contributed by atoms with E-state index >= 15 is 0 Å². The molecule has 1 aromatic heterocycles. The second-order valence-corrected chi connectivity index (χ2v) is 4.61. The molecule has 0 aliphatic heterocycles. The number of hydrogen-bond acceptors (Lipinski definition) is 2. The van der Waals surface area contributed by atoms with Gasteiger partial charge < -0.3 is 5.73 Å². The van der Waals surface area contributed by atoms with Crippen molar-refractivity contribution in [1.82, 2.24) is 9.78 Å². The summed E-state index contributed by atoms with van der Waals surface area (Å²) in [5.41, 5.74) is 10.8. The lowest BCUT2D eigenvalue weighted by Crippen LogP contribution is -2.15. The van der Waals surface area contributed by atoms with Crippen molar-refractivity contribution in [3.8, 4) is 5.69 Å². The predicted octanol–water partition coefficient (Wildman–Crippen LogP) is 2.43. The summed E-state index contributed by atoms with van der Waals surface area (Å²) in [5, 5.41) is 4.49. The third kappa shape index (κ3) is 2.08. The first-order valence-electron chi connectivity index (χ1n) is 5.43. The lowest BCUT2D eigenvalue weighted by atomic mass is 10.1. The number of nitrogens with zero attached hydrogens (tertiary/aromatic N) is 2. The fourth-order valence-corrected chi connectivity index (χ4v) is 2.16. The predicted molar refractivity (Wildman–Crippen MR) is 73.7 cm³/mol. The largest absolute Gasteiger partial charge is 0.389 e. The fraction of sp³-hybridized carbons (Fsp3) is 0.231. The average Bonchev–Trinajstić information content (AvgIpc) is 2.57. The molecule has 0 fully saturated rings. The van der Waals surface area contributed by atoms with Crippen molar-refractivity contribution in [2.75, 3.05) is 0 Å². The zero-order valence-corrected chi connectivity index (χ0v) is 11.0. The Morgan fingerprint density at radius 1 is 1.29 bits per heavy atom. The molecule has 0 spiro atoms. The number of hydrogen-bond donors (Lipinski definition) is 1. The number of aromatic nitrogens is 2. The van der Waals surface area contributed by atoms with E-state index in [1.807, 2.05) is 49.7 Å². The molecule has 88 valence electrons. The van der Waals surface area contributed by atoms with E-state index in [2.05, 4.69) is 5.10 Å². The number of benzene rings is 1. The van der Waals surface area contributed by atoms with Crippen molar-refractivity contribution in [3.63, 3.8) is 0 Å². The third-order valence-electron chi connectivity index (χ3n) is 2.72. The quantitative estimate of drug-likeness (QED) is 0.826. The maximum absolute atomic E-state index is 5.77. The van der Waals surface area contributed by atoms with Gasteiger partial charge in [-0.15, -0.1) is 0 Å². The van der Waals surface area contributed by atoms with Gasteiger partial charge in [-0.25, -0.2) is 4.68 Å². The molecule has 0 saturated heterocycles. The number of aryl methyl sites for hydroxylation is 3. The smallest absolute Gasteiger partial charge is 0.106 e. The molecule has 2 aromatic rings. The number of rotatable bonds is 2. The zero-order valence-electron chi connectivity index (χ0n) is 10.2. The monoisotopic (exact) mass is 245 g/mol. The first kappa shape index (κ1) is 11.8. The van der Waals surface area contributed by atoms with Crippen LogP contribution in [-0.2, 0) is 0 Å². The highest BCUT2D eigenvalue weighted by molar-refractivity contribution is 7.80. The number of thiocarbonyl (C=S) groups is 1. The minimum Gasteiger partial charge on any atom is -0.389 e. The van der Waals surface area contributed by atoms with Gasteiger partial charge in [-0.05, 0) is 38.5 Å². The van der Waals surface area contributed by atoms with Crippen molar-refractivity contribution in [2.24, 2.45) is 5.73 Å². The van der Waals surface area contributed by atoms with E-state index in [0.29, 0.717) is 4.99 Å². The van der Waals surface area contributed by atoms with Crippen LogP contribution in [0.4, 0.5) is 0 Å². The summed E-state index contributed by atoms with van der Waals surface area (Å²) in [7, 11) is 0. The molecule has 0 bridgehead atoms. The lowest BCUT2D eigenvalue weighted by Gasteiger charge is -2.13. The highest BCUT2D eigenvalue weighted by atomic mass is 32.1. The van der Waals surface area contributed by atoms with Gasteiger partial charge in [-0.2, -0.15) is 5.10 Å². The fourth-order valence-electron chi connectivity index (χ4n) is 1.99. The second kappa shape index (κ2) is 4.30. The van der Waals surface area contributed by atoms with Crippen molar-refractivity contribution < 1.29 is 0 Å². The molecule has 1 aromatic carbocycles. The topological polar surface area (TPSA) is 43.8 Å². The highest BCUT2D eigenvalue weighted by Gasteiger charge is 2.12. The summed E-state index contributed by atoms with van der Waals surface area (Å²) in [6, 6.07) is 7.96. The minimum absolute atomic E-state index is 0.399. The maximum atomic E-state index is 5.77. The van der Waals surface area contributed by atoms with Crippen LogP contribution >= 0.6 is 12.2 Å². The SMILES string of the molecule is Cc1cc(C)n(-c2c(C)cccc2C(N)=S)n1. The average molecular weight is 245 g/mol. The molecule has 0 unspecified atom stereocenters. The molecule has 0 atom stereocenters. The lowest BCUT2D eigenvalue weighted by molar-refractivity contribution is 0.826. The molecule has 0 saturated carbocycles. The van der Waals surface area contributed by atoms with Crippen LogP contribution in [-0.4, -0.2) is 14.8 Å². The Hall–Kier alpha value is -1.68. The van der Waals surface area contributed by atoms with Crippen LogP contribution in [0.5, 0.6) is 0 Å². The Morgan fingerprint density at radius 3 is 2.53 bits per heavy atom. The van der Waals surface area contributed by atoms with Gasteiger partial charge >= 0.3 is 0 Å². The van der Waals surface area contributed by atoms with Crippen molar-refractivity contribution in [1.29, 1.82) is 0 Å². The van der Waals surface area contributed by atoms with Gasteiger partial charge in [-0.1, -0.05) is 24.4 Å². The van der Waals surface area contributed by atoms with Crippen LogP contribution in [0.3, 0.4) is 0 Å². The Kier molecular flexibility index (Phi) is 2.98.